The van der Waals surface area contributed by atoms with E-state index in [1.807, 2.05) is 24.3 Å². The summed E-state index contributed by atoms with van der Waals surface area (Å²) in [6.45, 7) is 3.20. The zero-order valence-electron chi connectivity index (χ0n) is 22.7. The van der Waals surface area contributed by atoms with E-state index in [4.69, 9.17) is 0 Å². The van der Waals surface area contributed by atoms with E-state index >= 15 is 0 Å². The van der Waals surface area contributed by atoms with Crippen LogP contribution in [0.4, 0.5) is 11.4 Å². The quantitative estimate of drug-likeness (QED) is 0.498. The van der Waals surface area contributed by atoms with Crippen LogP contribution in [0, 0.1) is 22.7 Å². The van der Waals surface area contributed by atoms with Gasteiger partial charge in [0.05, 0.1) is 53.8 Å². The molecule has 2 atom stereocenters. The van der Waals surface area contributed by atoms with Crippen LogP contribution in [-0.4, -0.2) is 43.4 Å². The molecule has 3 aromatic rings. The van der Waals surface area contributed by atoms with Crippen molar-refractivity contribution in [3.05, 3.63) is 70.8 Å². The van der Waals surface area contributed by atoms with Gasteiger partial charge in [-0.05, 0) is 78.9 Å². The molecule has 2 N–H and O–H groups in total. The molecule has 5 rings (SSSR count). The molecule has 1 saturated carbocycles. The van der Waals surface area contributed by atoms with Crippen LogP contribution in [0.5, 0.6) is 0 Å². The summed E-state index contributed by atoms with van der Waals surface area (Å²) in [7, 11) is 1.65. The molecule has 2 aliphatic rings. The molecule has 9 nitrogen and oxygen atoms in total. The van der Waals surface area contributed by atoms with Gasteiger partial charge in [-0.25, -0.2) is 0 Å². The van der Waals surface area contributed by atoms with Crippen molar-refractivity contribution < 1.29 is 14.4 Å². The molecular weight excluding hydrogens is 504 g/mol. The average Bonchev–Trinajstić information content (AvgIpc) is 3.82. The SMILES string of the molecule is CNC(C)C(=O)NC1CN(C(C)=O)c2cc(C#N)ccc2N(Cc2c(C3CC3)ccc3c(C#N)cccc23)C1=O. The van der Waals surface area contributed by atoms with Crippen LogP contribution in [0.2, 0.25) is 0 Å². The van der Waals surface area contributed by atoms with E-state index in [1.165, 1.54) is 11.8 Å². The largest absolute Gasteiger partial charge is 0.341 e. The second-order valence-corrected chi connectivity index (χ2v) is 10.4. The third-order valence-electron chi connectivity index (χ3n) is 7.80. The van der Waals surface area contributed by atoms with Gasteiger partial charge in [0.25, 0.3) is 5.91 Å². The number of carbonyl (C=O) groups excluding carboxylic acids is 3. The smallest absolute Gasteiger partial charge is 0.251 e. The number of carbonyl (C=O) groups is 3. The lowest BCUT2D eigenvalue weighted by Crippen LogP contribution is -2.55. The number of nitrogens with zero attached hydrogens (tertiary/aromatic N) is 4. The number of hydrogen-bond donors (Lipinski definition) is 2. The van der Waals surface area contributed by atoms with Crippen LogP contribution in [-0.2, 0) is 20.9 Å². The number of benzene rings is 3. The number of hydrogen-bond acceptors (Lipinski definition) is 6. The Bertz CT molecular complexity index is 1610. The highest BCUT2D eigenvalue weighted by Crippen LogP contribution is 2.45. The number of rotatable bonds is 6. The van der Waals surface area contributed by atoms with E-state index in [1.54, 1.807) is 43.1 Å². The number of amides is 3. The van der Waals surface area contributed by atoms with Crippen LogP contribution in [0.3, 0.4) is 0 Å². The molecule has 0 radical (unpaired) electrons. The summed E-state index contributed by atoms with van der Waals surface area (Å²) in [5.74, 6) is -0.667. The van der Waals surface area contributed by atoms with Gasteiger partial charge in [0, 0.05) is 6.92 Å². The minimum absolute atomic E-state index is 0.0711. The average molecular weight is 535 g/mol. The third-order valence-corrected chi connectivity index (χ3v) is 7.80. The van der Waals surface area contributed by atoms with Crippen molar-refractivity contribution in [2.45, 2.75) is 51.2 Å². The van der Waals surface area contributed by atoms with Gasteiger partial charge in [-0.3, -0.25) is 14.4 Å². The molecule has 1 aliphatic heterocycles. The summed E-state index contributed by atoms with van der Waals surface area (Å²) in [6, 6.07) is 17.3. The first-order chi connectivity index (χ1) is 19.3. The van der Waals surface area contributed by atoms with Gasteiger partial charge in [-0.2, -0.15) is 10.5 Å². The molecule has 3 amide bonds. The van der Waals surface area contributed by atoms with Gasteiger partial charge in [0.15, 0.2) is 0 Å². The lowest BCUT2D eigenvalue weighted by atomic mass is 9.93. The van der Waals surface area contributed by atoms with Gasteiger partial charge in [-0.15, -0.1) is 0 Å². The number of anilines is 2. The molecule has 202 valence electrons. The van der Waals surface area contributed by atoms with Crippen molar-refractivity contribution in [3.63, 3.8) is 0 Å². The predicted molar refractivity (Wildman–Crippen MR) is 151 cm³/mol. The summed E-state index contributed by atoms with van der Waals surface area (Å²) in [5, 5.41) is 26.7. The molecule has 40 heavy (non-hydrogen) atoms. The Morgan fingerprint density at radius 3 is 2.48 bits per heavy atom. The van der Waals surface area contributed by atoms with Crippen molar-refractivity contribution in [2.75, 3.05) is 23.4 Å². The predicted octanol–water partition coefficient (Wildman–Crippen LogP) is 3.45. The van der Waals surface area contributed by atoms with E-state index in [9.17, 15) is 24.9 Å². The summed E-state index contributed by atoms with van der Waals surface area (Å²) in [5.41, 5.74) is 3.88. The molecule has 3 aromatic carbocycles. The summed E-state index contributed by atoms with van der Waals surface area (Å²) in [6.07, 6.45) is 2.09. The Morgan fingerprint density at radius 2 is 1.82 bits per heavy atom. The van der Waals surface area contributed by atoms with Crippen molar-refractivity contribution in [3.8, 4) is 12.1 Å². The van der Waals surface area contributed by atoms with Gasteiger partial charge in [0.1, 0.15) is 6.04 Å². The van der Waals surface area contributed by atoms with E-state index in [0.29, 0.717) is 28.4 Å². The number of likely N-dealkylation sites (N-methyl/N-ethyl adjacent to an activating group) is 1. The summed E-state index contributed by atoms with van der Waals surface area (Å²) in [4.78, 5) is 43.1. The summed E-state index contributed by atoms with van der Waals surface area (Å²) >= 11 is 0. The number of nitrogens with one attached hydrogen (secondary N) is 2. The Balaban J connectivity index is 1.69. The second kappa shape index (κ2) is 10.8. The molecule has 0 saturated heterocycles. The first-order valence-electron chi connectivity index (χ1n) is 13.3. The highest BCUT2D eigenvalue weighted by molar-refractivity contribution is 6.08. The van der Waals surface area contributed by atoms with Crippen LogP contribution in [0.25, 0.3) is 10.8 Å². The van der Waals surface area contributed by atoms with E-state index in [-0.39, 0.29) is 30.8 Å². The molecular formula is C31H30N6O3. The normalized spacial score (nSPS) is 17.4. The molecule has 1 fully saturated rings. The highest BCUT2D eigenvalue weighted by atomic mass is 16.2. The van der Waals surface area contributed by atoms with Crippen molar-refractivity contribution in [2.24, 2.45) is 0 Å². The van der Waals surface area contributed by atoms with Gasteiger partial charge in [-0.1, -0.05) is 24.3 Å². The Labute approximate surface area is 233 Å². The topological polar surface area (TPSA) is 129 Å². The van der Waals surface area contributed by atoms with Gasteiger partial charge >= 0.3 is 0 Å². The van der Waals surface area contributed by atoms with Crippen molar-refractivity contribution >= 4 is 39.9 Å². The maximum Gasteiger partial charge on any atom is 0.251 e. The highest BCUT2D eigenvalue weighted by Gasteiger charge is 2.38. The first-order valence-corrected chi connectivity index (χ1v) is 13.3. The van der Waals surface area contributed by atoms with E-state index in [0.717, 1.165) is 34.7 Å². The van der Waals surface area contributed by atoms with E-state index < -0.39 is 12.1 Å². The van der Waals surface area contributed by atoms with Gasteiger partial charge < -0.3 is 20.4 Å². The molecule has 1 aliphatic carbocycles. The standard InChI is InChI=1S/C31H30N6O3/c1-18(34-3)30(39)35-27-17-36(19(2)38)29-13-20(14-32)7-12-28(29)37(31(27)40)16-26-23(21-8-9-21)10-11-24-22(15-33)5-4-6-25(24)26/h4-7,10-13,18,21,27,34H,8-9,16-17H2,1-3H3,(H,35,39). The summed E-state index contributed by atoms with van der Waals surface area (Å²) < 4.78 is 0. The maximum absolute atomic E-state index is 14.3. The molecule has 2 unspecified atom stereocenters. The second-order valence-electron chi connectivity index (χ2n) is 10.4. The Morgan fingerprint density at radius 1 is 1.05 bits per heavy atom. The van der Waals surface area contributed by atoms with Crippen LogP contribution >= 0.6 is 0 Å². The zero-order valence-corrected chi connectivity index (χ0v) is 22.7. The fourth-order valence-corrected chi connectivity index (χ4v) is 5.35. The first kappa shape index (κ1) is 26.9. The minimum atomic E-state index is -1.01. The van der Waals surface area contributed by atoms with Crippen molar-refractivity contribution in [1.82, 2.24) is 10.6 Å². The van der Waals surface area contributed by atoms with Crippen LogP contribution < -0.4 is 20.4 Å². The molecule has 0 spiro atoms. The number of fused-ring (bicyclic) bond motifs is 2. The lowest BCUT2D eigenvalue weighted by molar-refractivity contribution is -0.128. The Hall–Kier alpha value is -4.73. The lowest BCUT2D eigenvalue weighted by Gasteiger charge is -2.28. The number of nitriles is 2. The molecule has 9 heteroatoms. The molecule has 0 bridgehead atoms. The third kappa shape index (κ3) is 4.88. The van der Waals surface area contributed by atoms with Crippen LogP contribution in [0.1, 0.15) is 54.9 Å². The Kier molecular flexibility index (Phi) is 7.25. The van der Waals surface area contributed by atoms with Crippen LogP contribution in [0.15, 0.2) is 48.5 Å². The van der Waals surface area contributed by atoms with E-state index in [2.05, 4.69) is 22.8 Å². The monoisotopic (exact) mass is 534 g/mol. The maximum atomic E-state index is 14.3. The fraction of sp³-hybridized carbons (Fsp3) is 0.323. The zero-order chi connectivity index (χ0) is 28.6. The molecule has 0 aromatic heterocycles. The molecule has 1 heterocycles. The van der Waals surface area contributed by atoms with Gasteiger partial charge in [0.2, 0.25) is 11.8 Å². The minimum Gasteiger partial charge on any atom is -0.341 e. The van der Waals surface area contributed by atoms with Crippen molar-refractivity contribution in [1.29, 1.82) is 10.5 Å². The fourth-order valence-electron chi connectivity index (χ4n) is 5.35.